The third-order valence-electron chi connectivity index (χ3n) is 7.53. The Bertz CT molecular complexity index is 554. The third kappa shape index (κ3) is 1.79. The summed E-state index contributed by atoms with van der Waals surface area (Å²) in [5.74, 6) is 0.908. The minimum atomic E-state index is -0.332. The third-order valence-corrected chi connectivity index (χ3v) is 7.53. The monoisotopic (exact) mass is 303 g/mol. The summed E-state index contributed by atoms with van der Waals surface area (Å²) >= 11 is 0. The molecular weight excluding hydrogens is 274 g/mol. The maximum absolute atomic E-state index is 10.9. The van der Waals surface area contributed by atoms with Crippen LogP contribution in [0.5, 0.6) is 0 Å². The normalized spacial score (nSPS) is 54.0. The van der Waals surface area contributed by atoms with Gasteiger partial charge >= 0.3 is 0 Å². The van der Waals surface area contributed by atoms with Gasteiger partial charge in [-0.1, -0.05) is 31.6 Å². The molecular formula is C19H29NO2. The van der Waals surface area contributed by atoms with Gasteiger partial charge in [-0.2, -0.15) is 0 Å². The lowest BCUT2D eigenvalue weighted by molar-refractivity contribution is 0.00254. The number of fused-ring (bicyclic) bond motifs is 4. The van der Waals surface area contributed by atoms with Crippen LogP contribution in [-0.2, 0) is 0 Å². The van der Waals surface area contributed by atoms with Crippen molar-refractivity contribution in [2.24, 2.45) is 28.4 Å². The van der Waals surface area contributed by atoms with Crippen molar-refractivity contribution >= 4 is 0 Å². The Kier molecular flexibility index (Phi) is 3.18. The average Bonchev–Trinajstić information content (AvgIpc) is 2.77. The smallest absolute Gasteiger partial charge is 0.0758 e. The van der Waals surface area contributed by atoms with Crippen LogP contribution < -0.4 is 5.73 Å². The number of aliphatic hydroxyl groups is 2. The molecule has 2 fully saturated rings. The van der Waals surface area contributed by atoms with Crippen LogP contribution in [0.3, 0.4) is 0 Å². The Balaban J connectivity index is 1.82. The Labute approximate surface area is 133 Å². The first-order valence-electron chi connectivity index (χ1n) is 8.91. The summed E-state index contributed by atoms with van der Waals surface area (Å²) < 4.78 is 0. The molecule has 3 heteroatoms. The molecule has 4 rings (SSSR count). The molecule has 0 aliphatic heterocycles. The van der Waals surface area contributed by atoms with E-state index in [9.17, 15) is 10.2 Å². The first-order valence-corrected chi connectivity index (χ1v) is 8.91. The number of rotatable bonds is 0. The van der Waals surface area contributed by atoms with Crippen LogP contribution in [0.2, 0.25) is 0 Å². The van der Waals surface area contributed by atoms with Crippen LogP contribution >= 0.6 is 0 Å². The zero-order chi connectivity index (χ0) is 15.7. The maximum Gasteiger partial charge on any atom is 0.0758 e. The SMILES string of the molecule is C[C@]12CC[C@H]3C(=C1CC[C@@H]2O)[C@@H](O)CC1C[C@@H](N)C=C[C@@]13C. The van der Waals surface area contributed by atoms with Crippen molar-refractivity contribution < 1.29 is 10.2 Å². The fraction of sp³-hybridized carbons (Fsp3) is 0.789. The molecule has 122 valence electrons. The van der Waals surface area contributed by atoms with E-state index in [2.05, 4.69) is 26.0 Å². The molecule has 4 aliphatic carbocycles. The van der Waals surface area contributed by atoms with Crippen LogP contribution in [0.25, 0.3) is 0 Å². The molecule has 7 atom stereocenters. The summed E-state index contributed by atoms with van der Waals surface area (Å²) in [5.41, 5.74) is 8.83. The number of allylic oxidation sites excluding steroid dienone is 1. The van der Waals surface area contributed by atoms with Crippen molar-refractivity contribution in [3.63, 3.8) is 0 Å². The molecule has 4 N–H and O–H groups in total. The van der Waals surface area contributed by atoms with Gasteiger partial charge < -0.3 is 15.9 Å². The fourth-order valence-electron chi connectivity index (χ4n) is 6.04. The highest BCUT2D eigenvalue weighted by atomic mass is 16.3. The molecule has 0 amide bonds. The van der Waals surface area contributed by atoms with E-state index in [0.717, 1.165) is 38.5 Å². The van der Waals surface area contributed by atoms with Crippen molar-refractivity contribution in [1.29, 1.82) is 0 Å². The number of hydrogen-bond acceptors (Lipinski definition) is 3. The lowest BCUT2D eigenvalue weighted by Gasteiger charge is -2.55. The number of hydrogen-bond donors (Lipinski definition) is 3. The maximum atomic E-state index is 10.9. The van der Waals surface area contributed by atoms with Crippen LogP contribution in [0.1, 0.15) is 52.4 Å². The van der Waals surface area contributed by atoms with E-state index < -0.39 is 0 Å². The van der Waals surface area contributed by atoms with Gasteiger partial charge in [-0.3, -0.25) is 0 Å². The lowest BCUT2D eigenvalue weighted by Crippen LogP contribution is -2.51. The molecule has 0 aromatic rings. The van der Waals surface area contributed by atoms with Crippen molar-refractivity contribution in [2.75, 3.05) is 0 Å². The van der Waals surface area contributed by atoms with Gasteiger partial charge in [-0.05, 0) is 61.3 Å². The summed E-state index contributed by atoms with van der Waals surface area (Å²) in [5, 5.41) is 21.3. The quantitative estimate of drug-likeness (QED) is 0.602. The minimum absolute atomic E-state index is 0.0925. The van der Waals surface area contributed by atoms with E-state index in [-0.39, 0.29) is 29.1 Å². The zero-order valence-corrected chi connectivity index (χ0v) is 13.8. The molecule has 22 heavy (non-hydrogen) atoms. The molecule has 1 unspecified atom stereocenters. The zero-order valence-electron chi connectivity index (χ0n) is 13.8. The molecule has 2 saturated carbocycles. The van der Waals surface area contributed by atoms with E-state index >= 15 is 0 Å². The predicted octanol–water partition coefficient (Wildman–Crippen LogP) is 2.53. The molecule has 0 bridgehead atoms. The van der Waals surface area contributed by atoms with Gasteiger partial charge in [-0.15, -0.1) is 0 Å². The van der Waals surface area contributed by atoms with Gasteiger partial charge in [0.25, 0.3) is 0 Å². The van der Waals surface area contributed by atoms with Gasteiger partial charge in [-0.25, -0.2) is 0 Å². The fourth-order valence-corrected chi connectivity index (χ4v) is 6.04. The van der Waals surface area contributed by atoms with Gasteiger partial charge in [0, 0.05) is 11.5 Å². The van der Waals surface area contributed by atoms with E-state index in [1.54, 1.807) is 0 Å². The van der Waals surface area contributed by atoms with E-state index in [0.29, 0.717) is 11.8 Å². The molecule has 0 aromatic heterocycles. The van der Waals surface area contributed by atoms with Crippen LogP contribution in [0.15, 0.2) is 23.3 Å². The van der Waals surface area contributed by atoms with Gasteiger partial charge in [0.15, 0.2) is 0 Å². The molecule has 3 nitrogen and oxygen atoms in total. The molecule has 4 aliphatic rings. The second kappa shape index (κ2) is 4.68. The second-order valence-electron chi connectivity index (χ2n) is 8.57. The second-order valence-corrected chi connectivity index (χ2v) is 8.57. The van der Waals surface area contributed by atoms with E-state index in [1.165, 1.54) is 11.1 Å². The molecule has 0 heterocycles. The average molecular weight is 303 g/mol. The van der Waals surface area contributed by atoms with Crippen molar-refractivity contribution in [1.82, 2.24) is 0 Å². The molecule has 0 spiro atoms. The topological polar surface area (TPSA) is 66.5 Å². The van der Waals surface area contributed by atoms with Crippen LogP contribution in [-0.4, -0.2) is 28.5 Å². The van der Waals surface area contributed by atoms with Crippen molar-refractivity contribution in [3.8, 4) is 0 Å². The molecule has 0 radical (unpaired) electrons. The highest BCUT2D eigenvalue weighted by molar-refractivity contribution is 5.39. The minimum Gasteiger partial charge on any atom is -0.392 e. The summed E-state index contributed by atoms with van der Waals surface area (Å²) in [7, 11) is 0. The lowest BCUT2D eigenvalue weighted by atomic mass is 9.50. The summed E-state index contributed by atoms with van der Waals surface area (Å²) in [6, 6.07) is 0.140. The molecule has 0 saturated heterocycles. The van der Waals surface area contributed by atoms with Gasteiger partial charge in [0.2, 0.25) is 0 Å². The van der Waals surface area contributed by atoms with Crippen molar-refractivity contribution in [3.05, 3.63) is 23.3 Å². The van der Waals surface area contributed by atoms with Crippen molar-refractivity contribution in [2.45, 2.75) is 70.6 Å². The summed E-state index contributed by atoms with van der Waals surface area (Å²) in [4.78, 5) is 0. The van der Waals surface area contributed by atoms with Gasteiger partial charge in [0.05, 0.1) is 12.2 Å². The predicted molar refractivity (Wildman–Crippen MR) is 87.1 cm³/mol. The first kappa shape index (κ1) is 14.9. The summed E-state index contributed by atoms with van der Waals surface area (Å²) in [6.45, 7) is 4.57. The highest BCUT2D eigenvalue weighted by Crippen LogP contribution is 2.62. The first-order chi connectivity index (χ1) is 10.4. The number of aliphatic hydroxyl groups excluding tert-OH is 2. The largest absolute Gasteiger partial charge is 0.392 e. The number of nitrogens with two attached hydrogens (primary N) is 1. The van der Waals surface area contributed by atoms with Crippen LogP contribution in [0.4, 0.5) is 0 Å². The summed E-state index contributed by atoms with van der Waals surface area (Å²) in [6.07, 6.45) is 9.72. The Morgan fingerprint density at radius 2 is 1.95 bits per heavy atom. The Morgan fingerprint density at radius 1 is 1.18 bits per heavy atom. The van der Waals surface area contributed by atoms with E-state index in [4.69, 9.17) is 5.73 Å². The van der Waals surface area contributed by atoms with Crippen LogP contribution in [0, 0.1) is 22.7 Å². The molecule has 0 aromatic carbocycles. The Hall–Kier alpha value is -0.640. The highest BCUT2D eigenvalue weighted by Gasteiger charge is 2.56. The van der Waals surface area contributed by atoms with Gasteiger partial charge in [0.1, 0.15) is 0 Å². The standard InChI is InChI=1S/C19H29NO2/c1-18-7-5-12(20)9-11(18)10-15(21)17-13-3-4-16(22)19(13,2)8-6-14(17)18/h5,7,11-12,14-16,21-22H,3-4,6,8-10,20H2,1-2H3/t11?,12-,14-,15-,16-,18-,19-/m0/s1. The van der Waals surface area contributed by atoms with E-state index in [1.807, 2.05) is 0 Å². The Morgan fingerprint density at radius 3 is 2.73 bits per heavy atom.